The molecule has 0 aromatic carbocycles. The zero-order chi connectivity index (χ0) is 6.00. The Balaban J connectivity index is -0.00000000900. The van der Waals surface area contributed by atoms with Crippen molar-refractivity contribution in [3.63, 3.8) is 0 Å². The van der Waals surface area contributed by atoms with Crippen LogP contribution in [0.1, 0.15) is 0 Å². The number of hydrogen-bond acceptors (Lipinski definition) is 3. The maximum Gasteiger partial charge on any atom is 0.281 e. The van der Waals surface area contributed by atoms with Gasteiger partial charge in [-0.05, 0) is 0 Å². The SMILES string of the molecule is [C]=O.[C]=O.[C]=O.[Cr]. The second-order valence-corrected chi connectivity index (χ2v) is 0. The van der Waals surface area contributed by atoms with Crippen molar-refractivity contribution in [3.8, 4) is 0 Å². The van der Waals surface area contributed by atoms with Gasteiger partial charge in [-0.2, -0.15) is 0 Å². The van der Waals surface area contributed by atoms with Gasteiger partial charge in [0.15, 0.2) is 0 Å². The molecule has 36 valence electrons. The largest absolute Gasteiger partial charge is 0.281 e. The summed E-state index contributed by atoms with van der Waals surface area (Å²) in [6.07, 6.45) is 0. The van der Waals surface area contributed by atoms with E-state index in [1.807, 2.05) is 0 Å². The van der Waals surface area contributed by atoms with E-state index in [4.69, 9.17) is 14.4 Å². The van der Waals surface area contributed by atoms with Crippen molar-refractivity contribution in [2.75, 3.05) is 0 Å². The average Bonchev–Trinajstić information content (AvgIpc) is 1.81. The molecular weight excluding hydrogens is 136 g/mol. The molecule has 0 aliphatic rings. The van der Waals surface area contributed by atoms with Gasteiger partial charge < -0.3 is 0 Å². The molecular formula is C3CrO3. The van der Waals surface area contributed by atoms with Gasteiger partial charge in [-0.3, -0.25) is 14.4 Å². The van der Waals surface area contributed by atoms with Crippen LogP contribution in [0.4, 0.5) is 0 Å². The van der Waals surface area contributed by atoms with Crippen LogP contribution in [-0.4, -0.2) is 20.4 Å². The van der Waals surface area contributed by atoms with E-state index in [1.54, 1.807) is 0 Å². The second kappa shape index (κ2) is 546. The standard InChI is InChI=1S/3CO.Cr/c3*1-2;. The van der Waals surface area contributed by atoms with Gasteiger partial charge in [0.2, 0.25) is 0 Å². The Kier molecular flexibility index (Phi) is 2430. The van der Waals surface area contributed by atoms with Crippen LogP contribution in [0, 0.1) is 0 Å². The van der Waals surface area contributed by atoms with E-state index in [2.05, 4.69) is 20.4 Å². The predicted octanol–water partition coefficient (Wildman–Crippen LogP) is -1.19. The van der Waals surface area contributed by atoms with Crippen LogP contribution in [0.25, 0.3) is 0 Å². The Morgan fingerprint density at radius 2 is 0.571 bits per heavy atom. The molecule has 0 atom stereocenters. The normalized spacial score (nSPS) is 1.71. The maximum absolute atomic E-state index is 7.50. The number of carbonyl (C=O) groups excluding carboxylic acids is 3. The average molecular weight is 136 g/mol. The van der Waals surface area contributed by atoms with Gasteiger partial charge in [-0.25, -0.2) is 0 Å². The third kappa shape index (κ3) is 332. The van der Waals surface area contributed by atoms with Crippen molar-refractivity contribution in [1.29, 1.82) is 0 Å². The summed E-state index contributed by atoms with van der Waals surface area (Å²) in [4.78, 5) is 22.5. The van der Waals surface area contributed by atoms with Crippen LogP contribution in [0.2, 0.25) is 0 Å². The van der Waals surface area contributed by atoms with Gasteiger partial charge in [0, 0.05) is 17.4 Å². The molecule has 0 saturated carbocycles. The van der Waals surface area contributed by atoms with Crippen LogP contribution >= 0.6 is 0 Å². The predicted molar refractivity (Wildman–Crippen MR) is 17.1 cm³/mol. The minimum absolute atomic E-state index is 0. The summed E-state index contributed by atoms with van der Waals surface area (Å²) in [7, 11) is 0. The Morgan fingerprint density at radius 3 is 0.571 bits per heavy atom. The zero-order valence-corrected chi connectivity index (χ0v) is 4.41. The quantitative estimate of drug-likeness (QED) is 0.420. The van der Waals surface area contributed by atoms with Crippen LogP contribution in [-0.2, 0) is 31.7 Å². The molecule has 0 heterocycles. The molecule has 0 amide bonds. The minimum atomic E-state index is 0. The zero-order valence-electron chi connectivity index (χ0n) is 3.13. The van der Waals surface area contributed by atoms with E-state index >= 15 is 0 Å². The fourth-order valence-corrected chi connectivity index (χ4v) is 0. The van der Waals surface area contributed by atoms with Crippen LogP contribution < -0.4 is 0 Å². The first kappa shape index (κ1) is 31.1. The van der Waals surface area contributed by atoms with Crippen LogP contribution in [0.15, 0.2) is 0 Å². The molecule has 7 heavy (non-hydrogen) atoms. The fourth-order valence-electron chi connectivity index (χ4n) is 0. The molecule has 0 aliphatic heterocycles. The summed E-state index contributed by atoms with van der Waals surface area (Å²) in [5.41, 5.74) is 0. The Morgan fingerprint density at radius 1 is 0.571 bits per heavy atom. The van der Waals surface area contributed by atoms with Crippen molar-refractivity contribution in [3.05, 3.63) is 0 Å². The van der Waals surface area contributed by atoms with Gasteiger partial charge in [-0.1, -0.05) is 0 Å². The van der Waals surface area contributed by atoms with E-state index in [1.165, 1.54) is 0 Å². The molecule has 0 aromatic heterocycles. The van der Waals surface area contributed by atoms with Crippen LogP contribution in [0.5, 0.6) is 0 Å². The van der Waals surface area contributed by atoms with E-state index in [-0.39, 0.29) is 17.4 Å². The molecule has 0 saturated heterocycles. The third-order valence-electron chi connectivity index (χ3n) is 0. The molecule has 4 heteroatoms. The van der Waals surface area contributed by atoms with Gasteiger partial charge in [0.05, 0.1) is 0 Å². The Labute approximate surface area is 52.8 Å². The maximum atomic E-state index is 7.50. The summed E-state index contributed by atoms with van der Waals surface area (Å²) < 4.78 is 0. The molecule has 0 unspecified atom stereocenters. The monoisotopic (exact) mass is 136 g/mol. The van der Waals surface area contributed by atoms with Crippen molar-refractivity contribution in [1.82, 2.24) is 0 Å². The molecule has 0 rings (SSSR count). The smallest absolute Gasteiger partial charge is 0.281 e. The van der Waals surface area contributed by atoms with Crippen molar-refractivity contribution in [2.24, 2.45) is 0 Å². The fraction of sp³-hybridized carbons (Fsp3) is 0. The molecule has 0 fully saturated rings. The van der Waals surface area contributed by atoms with Crippen molar-refractivity contribution < 1.29 is 31.7 Å². The van der Waals surface area contributed by atoms with Crippen LogP contribution in [0.3, 0.4) is 0 Å². The first-order valence-corrected chi connectivity index (χ1v) is 0.612. The van der Waals surface area contributed by atoms with Crippen molar-refractivity contribution >= 4 is 20.4 Å². The molecule has 0 N–H and O–H groups in total. The number of rotatable bonds is 0. The minimum Gasteiger partial charge on any atom is -0.281 e. The molecule has 0 aromatic rings. The summed E-state index contributed by atoms with van der Waals surface area (Å²) in [5, 5.41) is 0. The van der Waals surface area contributed by atoms with Gasteiger partial charge in [-0.15, -0.1) is 0 Å². The first-order valence-electron chi connectivity index (χ1n) is 0.612. The summed E-state index contributed by atoms with van der Waals surface area (Å²) in [6, 6.07) is 0. The topological polar surface area (TPSA) is 51.2 Å². The van der Waals surface area contributed by atoms with E-state index in [0.717, 1.165) is 0 Å². The van der Waals surface area contributed by atoms with Gasteiger partial charge in [0.25, 0.3) is 20.4 Å². The van der Waals surface area contributed by atoms with Crippen molar-refractivity contribution in [2.45, 2.75) is 0 Å². The van der Waals surface area contributed by atoms with Gasteiger partial charge in [0.1, 0.15) is 0 Å². The molecule has 0 spiro atoms. The van der Waals surface area contributed by atoms with E-state index < -0.39 is 0 Å². The summed E-state index contributed by atoms with van der Waals surface area (Å²) in [6.45, 7) is 13.5. The van der Waals surface area contributed by atoms with Gasteiger partial charge >= 0.3 is 0 Å². The Bertz CT molecular complexity index is 14.9. The second-order valence-electron chi connectivity index (χ2n) is 0. The van der Waals surface area contributed by atoms with E-state index in [9.17, 15) is 0 Å². The first-order chi connectivity index (χ1) is 3.00. The van der Waals surface area contributed by atoms with E-state index in [0.29, 0.717) is 0 Å². The summed E-state index contributed by atoms with van der Waals surface area (Å²) in [5.74, 6) is 0. The third-order valence-corrected chi connectivity index (χ3v) is 0. The Hall–Kier alpha value is -0.458. The molecule has 0 aliphatic carbocycles. The summed E-state index contributed by atoms with van der Waals surface area (Å²) >= 11 is 0. The molecule has 0 bridgehead atoms. The molecule has 6 radical (unpaired) electrons. The molecule has 3 nitrogen and oxygen atoms in total. The number of hydrogen-bond donors (Lipinski definition) is 0.